The minimum absolute atomic E-state index is 0.0623. The highest BCUT2D eigenvalue weighted by Gasteiger charge is 2.26. The lowest BCUT2D eigenvalue weighted by atomic mass is 10.1. The number of halogens is 1. The third-order valence-corrected chi connectivity index (χ3v) is 4.63. The highest BCUT2D eigenvalue weighted by Crippen LogP contribution is 2.14. The van der Waals surface area contributed by atoms with E-state index in [-0.39, 0.29) is 17.4 Å². The minimum Gasteiger partial charge on any atom is -0.339 e. The zero-order valence-corrected chi connectivity index (χ0v) is 14.2. The summed E-state index contributed by atoms with van der Waals surface area (Å²) < 4.78 is 13.8. The molecule has 1 fully saturated rings. The SMILES string of the molecule is Cc1ccccc1CC(=O)N1CCN(C(=O)c2ccccc2F)CC1. The molecular weight excluding hydrogens is 319 g/mol. The third kappa shape index (κ3) is 3.87. The van der Waals surface area contributed by atoms with Gasteiger partial charge in [-0.2, -0.15) is 0 Å². The van der Waals surface area contributed by atoms with Crippen molar-refractivity contribution in [3.05, 3.63) is 71.0 Å². The Morgan fingerprint density at radius 3 is 2.20 bits per heavy atom. The van der Waals surface area contributed by atoms with E-state index in [1.807, 2.05) is 31.2 Å². The van der Waals surface area contributed by atoms with Gasteiger partial charge in [0.25, 0.3) is 5.91 Å². The van der Waals surface area contributed by atoms with Crippen LogP contribution in [0.25, 0.3) is 0 Å². The lowest BCUT2D eigenvalue weighted by Gasteiger charge is -2.35. The Bertz CT molecular complexity index is 783. The van der Waals surface area contributed by atoms with Crippen LogP contribution in [0.5, 0.6) is 0 Å². The molecule has 5 heteroatoms. The largest absolute Gasteiger partial charge is 0.339 e. The highest BCUT2D eigenvalue weighted by molar-refractivity contribution is 5.94. The Hall–Kier alpha value is -2.69. The van der Waals surface area contributed by atoms with E-state index < -0.39 is 5.82 Å². The number of piperazine rings is 1. The monoisotopic (exact) mass is 340 g/mol. The van der Waals surface area contributed by atoms with Crippen molar-refractivity contribution < 1.29 is 14.0 Å². The second-order valence-electron chi connectivity index (χ2n) is 6.26. The summed E-state index contributed by atoms with van der Waals surface area (Å²) in [5.41, 5.74) is 2.21. The maximum atomic E-state index is 13.8. The Balaban J connectivity index is 1.58. The first kappa shape index (κ1) is 17.1. The molecular formula is C20H21FN2O2. The molecule has 0 unspecified atom stereocenters. The van der Waals surface area contributed by atoms with Gasteiger partial charge in [-0.15, -0.1) is 0 Å². The summed E-state index contributed by atoms with van der Waals surface area (Å²) in [7, 11) is 0. The average Bonchev–Trinajstić information content (AvgIpc) is 2.63. The fourth-order valence-corrected chi connectivity index (χ4v) is 3.05. The van der Waals surface area contributed by atoms with Crippen LogP contribution in [0.1, 0.15) is 21.5 Å². The average molecular weight is 340 g/mol. The van der Waals surface area contributed by atoms with Crippen molar-refractivity contribution in [3.8, 4) is 0 Å². The molecule has 0 bridgehead atoms. The van der Waals surface area contributed by atoms with Crippen molar-refractivity contribution in [1.29, 1.82) is 0 Å². The number of aryl methyl sites for hydroxylation is 1. The van der Waals surface area contributed by atoms with Crippen LogP contribution in [-0.2, 0) is 11.2 Å². The number of hydrogen-bond donors (Lipinski definition) is 0. The fraction of sp³-hybridized carbons (Fsp3) is 0.300. The molecule has 1 aliphatic rings. The molecule has 0 radical (unpaired) electrons. The molecule has 130 valence electrons. The molecule has 1 heterocycles. The van der Waals surface area contributed by atoms with Gasteiger partial charge in [0.1, 0.15) is 5.82 Å². The number of carbonyl (C=O) groups is 2. The summed E-state index contributed by atoms with van der Waals surface area (Å²) in [6, 6.07) is 13.8. The predicted octanol–water partition coefficient (Wildman–Crippen LogP) is 2.66. The molecule has 0 spiro atoms. The van der Waals surface area contributed by atoms with Crippen molar-refractivity contribution in [2.45, 2.75) is 13.3 Å². The normalized spacial score (nSPS) is 14.5. The summed E-state index contributed by atoms with van der Waals surface area (Å²) in [5.74, 6) is -0.762. The van der Waals surface area contributed by atoms with E-state index in [1.54, 1.807) is 21.9 Å². The number of hydrogen-bond acceptors (Lipinski definition) is 2. The summed E-state index contributed by atoms with van der Waals surface area (Å²) in [6.07, 6.45) is 0.369. The van der Waals surface area contributed by atoms with Crippen LogP contribution in [-0.4, -0.2) is 47.8 Å². The van der Waals surface area contributed by atoms with Crippen LogP contribution in [0, 0.1) is 12.7 Å². The molecule has 0 saturated carbocycles. The molecule has 0 N–H and O–H groups in total. The van der Waals surface area contributed by atoms with Gasteiger partial charge in [-0.1, -0.05) is 36.4 Å². The Morgan fingerprint density at radius 1 is 0.920 bits per heavy atom. The van der Waals surface area contributed by atoms with Gasteiger partial charge in [0.15, 0.2) is 0 Å². The molecule has 0 aromatic heterocycles. The van der Waals surface area contributed by atoms with E-state index in [0.717, 1.165) is 11.1 Å². The van der Waals surface area contributed by atoms with Crippen LogP contribution in [0.4, 0.5) is 4.39 Å². The van der Waals surface area contributed by atoms with Crippen molar-refractivity contribution >= 4 is 11.8 Å². The van der Waals surface area contributed by atoms with E-state index in [9.17, 15) is 14.0 Å². The molecule has 0 atom stereocenters. The molecule has 1 saturated heterocycles. The molecule has 0 aliphatic carbocycles. The smallest absolute Gasteiger partial charge is 0.256 e. The van der Waals surface area contributed by atoms with Crippen LogP contribution in [0.15, 0.2) is 48.5 Å². The van der Waals surface area contributed by atoms with Crippen LogP contribution < -0.4 is 0 Å². The fourth-order valence-electron chi connectivity index (χ4n) is 3.05. The number of benzene rings is 2. The molecule has 2 amide bonds. The second-order valence-corrected chi connectivity index (χ2v) is 6.26. The maximum absolute atomic E-state index is 13.8. The molecule has 3 rings (SSSR count). The van der Waals surface area contributed by atoms with Gasteiger partial charge in [-0.05, 0) is 30.2 Å². The summed E-state index contributed by atoms with van der Waals surface area (Å²) in [6.45, 7) is 3.79. The van der Waals surface area contributed by atoms with Gasteiger partial charge in [0, 0.05) is 26.2 Å². The molecule has 1 aliphatic heterocycles. The van der Waals surface area contributed by atoms with Crippen molar-refractivity contribution in [2.75, 3.05) is 26.2 Å². The van der Waals surface area contributed by atoms with Crippen molar-refractivity contribution in [3.63, 3.8) is 0 Å². The Kier molecular flexibility index (Phi) is 5.12. The third-order valence-electron chi connectivity index (χ3n) is 4.63. The lowest BCUT2D eigenvalue weighted by molar-refractivity contribution is -0.131. The van der Waals surface area contributed by atoms with Crippen LogP contribution >= 0.6 is 0 Å². The quantitative estimate of drug-likeness (QED) is 0.862. The zero-order valence-electron chi connectivity index (χ0n) is 14.2. The van der Waals surface area contributed by atoms with Crippen molar-refractivity contribution in [2.24, 2.45) is 0 Å². The first-order chi connectivity index (χ1) is 12.1. The second kappa shape index (κ2) is 7.47. The number of nitrogens with zero attached hydrogens (tertiary/aromatic N) is 2. The van der Waals surface area contributed by atoms with E-state index in [2.05, 4.69) is 0 Å². The predicted molar refractivity (Wildman–Crippen MR) is 93.8 cm³/mol. The zero-order chi connectivity index (χ0) is 17.8. The van der Waals surface area contributed by atoms with Crippen molar-refractivity contribution in [1.82, 2.24) is 9.80 Å². The van der Waals surface area contributed by atoms with Gasteiger partial charge < -0.3 is 9.80 Å². The number of carbonyl (C=O) groups excluding carboxylic acids is 2. The number of rotatable bonds is 3. The topological polar surface area (TPSA) is 40.6 Å². The summed E-state index contributed by atoms with van der Waals surface area (Å²) in [4.78, 5) is 28.3. The molecule has 4 nitrogen and oxygen atoms in total. The van der Waals surface area contributed by atoms with E-state index >= 15 is 0 Å². The van der Waals surface area contributed by atoms with E-state index in [1.165, 1.54) is 12.1 Å². The molecule has 2 aromatic rings. The summed E-state index contributed by atoms with van der Waals surface area (Å²) in [5, 5.41) is 0. The van der Waals surface area contributed by atoms with Crippen LogP contribution in [0.3, 0.4) is 0 Å². The molecule has 2 aromatic carbocycles. The lowest BCUT2D eigenvalue weighted by Crippen LogP contribution is -2.51. The Labute approximate surface area is 146 Å². The van der Waals surface area contributed by atoms with E-state index in [4.69, 9.17) is 0 Å². The summed E-state index contributed by atoms with van der Waals surface area (Å²) >= 11 is 0. The first-order valence-corrected chi connectivity index (χ1v) is 8.42. The van der Waals surface area contributed by atoms with Gasteiger partial charge in [0.2, 0.25) is 5.91 Å². The van der Waals surface area contributed by atoms with Gasteiger partial charge in [-0.25, -0.2) is 4.39 Å². The Morgan fingerprint density at radius 2 is 1.52 bits per heavy atom. The van der Waals surface area contributed by atoms with E-state index in [0.29, 0.717) is 32.6 Å². The standard InChI is InChI=1S/C20H21FN2O2/c1-15-6-2-3-7-16(15)14-19(24)22-10-12-23(13-11-22)20(25)17-8-4-5-9-18(17)21/h2-9H,10-14H2,1H3. The minimum atomic E-state index is -0.509. The molecule has 25 heavy (non-hydrogen) atoms. The number of amides is 2. The van der Waals surface area contributed by atoms with Crippen LogP contribution in [0.2, 0.25) is 0 Å². The van der Waals surface area contributed by atoms with Gasteiger partial charge in [-0.3, -0.25) is 9.59 Å². The first-order valence-electron chi connectivity index (χ1n) is 8.42. The van der Waals surface area contributed by atoms with Gasteiger partial charge in [0.05, 0.1) is 12.0 Å². The maximum Gasteiger partial charge on any atom is 0.256 e. The van der Waals surface area contributed by atoms with Gasteiger partial charge >= 0.3 is 0 Å². The highest BCUT2D eigenvalue weighted by atomic mass is 19.1.